The van der Waals surface area contributed by atoms with E-state index in [1.54, 1.807) is 19.1 Å². The highest BCUT2D eigenvalue weighted by molar-refractivity contribution is 5.98. The number of ether oxygens (including phenoxy) is 3. The van der Waals surface area contributed by atoms with Crippen LogP contribution in [0.3, 0.4) is 0 Å². The number of nitrogens with zero attached hydrogens (tertiary/aromatic N) is 3. The van der Waals surface area contributed by atoms with Gasteiger partial charge in [0, 0.05) is 31.5 Å². The van der Waals surface area contributed by atoms with E-state index in [0.29, 0.717) is 37.0 Å². The fraction of sp³-hybridized carbons (Fsp3) is 0.355. The first-order valence-corrected chi connectivity index (χ1v) is 13.2. The highest BCUT2D eigenvalue weighted by atomic mass is 16.5. The van der Waals surface area contributed by atoms with Gasteiger partial charge in [0.05, 0.1) is 37.5 Å². The molecule has 5 rings (SSSR count). The van der Waals surface area contributed by atoms with Gasteiger partial charge in [-0.1, -0.05) is 44.2 Å². The number of imidazole rings is 1. The van der Waals surface area contributed by atoms with Crippen molar-refractivity contribution >= 4 is 22.6 Å². The molecule has 1 fully saturated rings. The second kappa shape index (κ2) is 11.2. The second-order valence-corrected chi connectivity index (χ2v) is 9.95. The molecule has 7 nitrogen and oxygen atoms in total. The van der Waals surface area contributed by atoms with Crippen LogP contribution in [0.15, 0.2) is 66.7 Å². The zero-order chi connectivity index (χ0) is 26.6. The quantitative estimate of drug-likeness (QED) is 0.237. The molecule has 2 heterocycles. The van der Waals surface area contributed by atoms with Crippen LogP contribution in [-0.4, -0.2) is 42.8 Å². The van der Waals surface area contributed by atoms with Crippen LogP contribution >= 0.6 is 0 Å². The normalized spacial score (nSPS) is 15.4. The third kappa shape index (κ3) is 5.05. The van der Waals surface area contributed by atoms with E-state index < -0.39 is 0 Å². The summed E-state index contributed by atoms with van der Waals surface area (Å²) in [5.41, 5.74) is 3.96. The Morgan fingerprint density at radius 2 is 1.76 bits per heavy atom. The van der Waals surface area contributed by atoms with Gasteiger partial charge in [-0.2, -0.15) is 0 Å². The minimum atomic E-state index is -0.0339. The van der Waals surface area contributed by atoms with E-state index >= 15 is 0 Å². The predicted octanol–water partition coefficient (Wildman–Crippen LogP) is 6.17. The molecule has 0 spiro atoms. The first-order chi connectivity index (χ1) is 18.5. The molecule has 0 aliphatic carbocycles. The van der Waals surface area contributed by atoms with Crippen molar-refractivity contribution in [3.05, 3.63) is 78.1 Å². The number of methoxy groups -OCH3 is 2. The molecule has 0 saturated carbocycles. The van der Waals surface area contributed by atoms with Crippen molar-refractivity contribution in [1.82, 2.24) is 9.55 Å². The zero-order valence-electron chi connectivity index (χ0n) is 22.5. The molecule has 1 aliphatic rings. The third-order valence-electron chi connectivity index (χ3n) is 7.18. The lowest BCUT2D eigenvalue weighted by Crippen LogP contribution is -2.25. The molecule has 1 saturated heterocycles. The van der Waals surface area contributed by atoms with E-state index in [4.69, 9.17) is 19.2 Å². The summed E-state index contributed by atoms with van der Waals surface area (Å²) in [7, 11) is 3.23. The lowest BCUT2D eigenvalue weighted by Gasteiger charge is -2.20. The van der Waals surface area contributed by atoms with Gasteiger partial charge in [-0.3, -0.25) is 4.79 Å². The van der Waals surface area contributed by atoms with Crippen LogP contribution in [0.5, 0.6) is 17.2 Å². The first kappa shape index (κ1) is 25.6. The SMILES string of the molecule is COc1ccc(OC)c(N2CC(c3nc4ccccc4n3CCCOc3ccccc3C(C)C)CC2=O)c1. The maximum absolute atomic E-state index is 13.2. The maximum Gasteiger partial charge on any atom is 0.227 e. The average Bonchev–Trinajstić information content (AvgIpc) is 3.51. The topological polar surface area (TPSA) is 65.8 Å². The number of para-hydroxylation sites is 3. The number of carbonyl (C=O) groups is 1. The summed E-state index contributed by atoms with van der Waals surface area (Å²) in [6, 6.07) is 21.9. The lowest BCUT2D eigenvalue weighted by molar-refractivity contribution is -0.117. The summed E-state index contributed by atoms with van der Waals surface area (Å²) < 4.78 is 19.4. The third-order valence-corrected chi connectivity index (χ3v) is 7.18. The summed E-state index contributed by atoms with van der Waals surface area (Å²) in [6.07, 6.45) is 1.22. The molecule has 7 heteroatoms. The van der Waals surface area contributed by atoms with E-state index in [2.05, 4.69) is 36.6 Å². The van der Waals surface area contributed by atoms with Crippen molar-refractivity contribution in [3.63, 3.8) is 0 Å². The molecule has 1 amide bonds. The number of fused-ring (bicyclic) bond motifs is 1. The first-order valence-electron chi connectivity index (χ1n) is 13.2. The molecule has 0 N–H and O–H groups in total. The maximum atomic E-state index is 13.2. The van der Waals surface area contributed by atoms with Crippen molar-refractivity contribution in [2.24, 2.45) is 0 Å². The Bertz CT molecular complexity index is 1430. The van der Waals surface area contributed by atoms with Gasteiger partial charge in [-0.25, -0.2) is 4.98 Å². The molecular formula is C31H35N3O4. The van der Waals surface area contributed by atoms with E-state index in [9.17, 15) is 4.79 Å². The zero-order valence-corrected chi connectivity index (χ0v) is 22.5. The summed E-state index contributed by atoms with van der Waals surface area (Å²) in [5.74, 6) is 3.63. The number of hydrogen-bond donors (Lipinski definition) is 0. The minimum absolute atomic E-state index is 0.0339. The van der Waals surface area contributed by atoms with E-state index in [1.165, 1.54) is 5.56 Å². The van der Waals surface area contributed by atoms with Crippen LogP contribution in [0.25, 0.3) is 11.0 Å². The van der Waals surface area contributed by atoms with Gasteiger partial charge in [-0.15, -0.1) is 0 Å². The van der Waals surface area contributed by atoms with Crippen molar-refractivity contribution in [3.8, 4) is 17.2 Å². The lowest BCUT2D eigenvalue weighted by atomic mass is 10.0. The van der Waals surface area contributed by atoms with Crippen molar-refractivity contribution in [2.75, 3.05) is 32.3 Å². The van der Waals surface area contributed by atoms with Gasteiger partial charge < -0.3 is 23.7 Å². The van der Waals surface area contributed by atoms with Crippen LogP contribution in [0, 0.1) is 0 Å². The van der Waals surface area contributed by atoms with E-state index in [1.807, 2.05) is 48.5 Å². The van der Waals surface area contributed by atoms with E-state index in [0.717, 1.165) is 41.3 Å². The van der Waals surface area contributed by atoms with Crippen LogP contribution in [0.4, 0.5) is 5.69 Å². The highest BCUT2D eigenvalue weighted by Gasteiger charge is 2.36. The van der Waals surface area contributed by atoms with Crippen LogP contribution in [-0.2, 0) is 11.3 Å². The number of benzene rings is 3. The Labute approximate surface area is 224 Å². The molecule has 4 aromatic rings. The standard InChI is InChI=1S/C31H35N3O4/c1-21(2)24-10-5-8-13-28(24)38-17-9-16-33-26-12-7-6-11-25(26)32-31(33)22-18-30(35)34(20-22)27-19-23(36-3)14-15-29(27)37-4/h5-8,10-15,19,21-22H,9,16-18,20H2,1-4H3. The highest BCUT2D eigenvalue weighted by Crippen LogP contribution is 2.39. The number of aryl methyl sites for hydroxylation is 1. The molecule has 1 unspecified atom stereocenters. The Morgan fingerprint density at radius 1 is 0.974 bits per heavy atom. The summed E-state index contributed by atoms with van der Waals surface area (Å²) >= 11 is 0. The molecule has 1 aliphatic heterocycles. The monoisotopic (exact) mass is 513 g/mol. The molecule has 198 valence electrons. The van der Waals surface area contributed by atoms with Gasteiger partial charge in [0.2, 0.25) is 5.91 Å². The molecule has 0 bridgehead atoms. The molecule has 0 radical (unpaired) electrons. The Balaban J connectivity index is 1.37. The van der Waals surface area contributed by atoms with Gasteiger partial charge in [0.25, 0.3) is 0 Å². The number of aromatic nitrogens is 2. The number of anilines is 1. The molecule has 38 heavy (non-hydrogen) atoms. The van der Waals surface area contributed by atoms with Gasteiger partial charge in [-0.05, 0) is 48.2 Å². The fourth-order valence-corrected chi connectivity index (χ4v) is 5.26. The Morgan fingerprint density at radius 3 is 2.55 bits per heavy atom. The second-order valence-electron chi connectivity index (χ2n) is 9.95. The average molecular weight is 514 g/mol. The fourth-order valence-electron chi connectivity index (χ4n) is 5.26. The van der Waals surface area contributed by atoms with Gasteiger partial charge in [0.1, 0.15) is 23.1 Å². The number of rotatable bonds is 10. The van der Waals surface area contributed by atoms with Crippen LogP contribution < -0.4 is 19.1 Å². The van der Waals surface area contributed by atoms with Crippen molar-refractivity contribution < 1.29 is 19.0 Å². The van der Waals surface area contributed by atoms with Gasteiger partial charge in [0.15, 0.2) is 0 Å². The van der Waals surface area contributed by atoms with Gasteiger partial charge >= 0.3 is 0 Å². The minimum Gasteiger partial charge on any atom is -0.497 e. The number of amides is 1. The summed E-state index contributed by atoms with van der Waals surface area (Å²) in [4.78, 5) is 20.0. The van der Waals surface area contributed by atoms with Crippen molar-refractivity contribution in [1.29, 1.82) is 0 Å². The Hall–Kier alpha value is -4.00. The number of hydrogen-bond acceptors (Lipinski definition) is 5. The number of carbonyl (C=O) groups excluding carboxylic acids is 1. The molecular weight excluding hydrogens is 478 g/mol. The van der Waals surface area contributed by atoms with Crippen LogP contribution in [0.1, 0.15) is 49.9 Å². The Kier molecular flexibility index (Phi) is 7.54. The molecule has 1 aromatic heterocycles. The summed E-state index contributed by atoms with van der Waals surface area (Å²) in [6.45, 7) is 6.25. The molecule has 1 atom stereocenters. The largest absolute Gasteiger partial charge is 0.497 e. The van der Waals surface area contributed by atoms with Crippen molar-refractivity contribution in [2.45, 2.75) is 45.1 Å². The molecule has 3 aromatic carbocycles. The van der Waals surface area contributed by atoms with E-state index in [-0.39, 0.29) is 11.8 Å². The smallest absolute Gasteiger partial charge is 0.227 e. The summed E-state index contributed by atoms with van der Waals surface area (Å²) in [5, 5.41) is 0. The predicted molar refractivity (Wildman–Crippen MR) is 150 cm³/mol. The van der Waals surface area contributed by atoms with Crippen LogP contribution in [0.2, 0.25) is 0 Å².